The first-order chi connectivity index (χ1) is 27.9. The smallest absolute Gasteiger partial charge is 0.335 e. The number of urea groups is 1. The molecule has 2 aromatic heterocycles. The quantitative estimate of drug-likeness (QED) is 0.0348. The Morgan fingerprint density at radius 1 is 1.00 bits per heavy atom. The van der Waals surface area contributed by atoms with Crippen molar-refractivity contribution in [1.82, 2.24) is 25.0 Å². The predicted octanol–water partition coefficient (Wildman–Crippen LogP) is 2.47. The topological polar surface area (TPSA) is 355 Å². The molecule has 1 atom stereocenters. The molecule has 0 fully saturated rings. The van der Waals surface area contributed by atoms with Crippen LogP contribution in [0.25, 0.3) is 0 Å². The number of methoxy groups -OCH3 is 2. The van der Waals surface area contributed by atoms with E-state index in [1.54, 1.807) is 29.0 Å². The molecule has 2 amide bonds. The van der Waals surface area contributed by atoms with E-state index >= 15 is 0 Å². The number of pyridine rings is 1. The Morgan fingerprint density at radius 3 is 2.05 bits per heavy atom. The van der Waals surface area contributed by atoms with E-state index in [9.17, 15) is 46.0 Å². The van der Waals surface area contributed by atoms with Crippen LogP contribution in [0.3, 0.4) is 0 Å². The highest BCUT2D eigenvalue weighted by Crippen LogP contribution is 2.38. The number of ether oxygens (including phenoxy) is 3. The molecule has 0 saturated heterocycles. The summed E-state index contributed by atoms with van der Waals surface area (Å²) in [6.45, 7) is 0.874. The molecule has 0 radical (unpaired) electrons. The number of carboxylic acids is 1. The number of nitrogen functional groups attached to an aromatic ring is 1. The zero-order valence-corrected chi connectivity index (χ0v) is 36.7. The van der Waals surface area contributed by atoms with E-state index in [2.05, 4.69) is 39.0 Å². The van der Waals surface area contributed by atoms with E-state index < -0.39 is 67.1 Å². The number of anilines is 2. The maximum atomic E-state index is 12.5. The number of nitro groups is 1. The minimum Gasteiger partial charge on any atom is -0.778 e. The Labute approximate surface area is 352 Å². The number of benzene rings is 2. The fourth-order valence-electron chi connectivity index (χ4n) is 3.66. The monoisotopic (exact) mass is 940 g/mol. The van der Waals surface area contributed by atoms with E-state index in [4.69, 9.17) is 41.5 Å². The number of sulfone groups is 1. The van der Waals surface area contributed by atoms with E-state index in [-0.39, 0.29) is 45.6 Å². The van der Waals surface area contributed by atoms with Gasteiger partial charge in [-0.15, -0.1) is 0 Å². The van der Waals surface area contributed by atoms with Crippen molar-refractivity contribution in [2.45, 2.75) is 16.8 Å². The summed E-state index contributed by atoms with van der Waals surface area (Å²) < 4.78 is 76.1. The SMILES string of the molecule is CCS(=O)(=O)c1cccnc1S(=O)(=O)NC(=O)Nc1nc(OC)cc(OC)n1.C[S+](C)C.Nc1c([N+](=O)[O-])ccc(Oc2ccccc2)c1Cl.O=C(O)CNCP(=O)([O-])O. The summed E-state index contributed by atoms with van der Waals surface area (Å²) >= 11 is 5.94. The molecule has 1 unspecified atom stereocenters. The number of rotatable bonds is 14. The molecule has 7 N–H and O–H groups in total. The summed E-state index contributed by atoms with van der Waals surface area (Å²) in [6, 6.07) is 14.1. The summed E-state index contributed by atoms with van der Waals surface area (Å²) in [6.07, 6.45) is 6.97. The lowest BCUT2D eigenvalue weighted by atomic mass is 10.2. The van der Waals surface area contributed by atoms with Crippen molar-refractivity contribution < 1.29 is 65.0 Å². The van der Waals surface area contributed by atoms with Gasteiger partial charge in [0.1, 0.15) is 34.7 Å². The molecule has 4 rings (SSSR count). The lowest BCUT2D eigenvalue weighted by molar-refractivity contribution is -0.383. The zero-order valence-electron chi connectivity index (χ0n) is 32.6. The van der Waals surface area contributed by atoms with Crippen molar-refractivity contribution in [3.63, 3.8) is 0 Å². The predicted molar refractivity (Wildman–Crippen MR) is 221 cm³/mol. The number of nitrogens with two attached hydrogens (primary N) is 1. The Balaban J connectivity index is 0.000000478. The standard InChI is InChI=1S/C14H17N5O7S2.C12H9ClN2O3.C3H8NO5P.C3H9S/c1-4-27(21,22)9-6-5-7-15-12(9)28(23,24)19-14(20)18-13-16-10(25-2)8-11(17-13)26-3;13-11-10(18-8-4-2-1-3-5-8)7-6-9(12(11)14)15(16)17;5-3(6)1-4-2-10(7,8)9;1-4(2)3/h5-8H,4H2,1-3H3,(H2,16,17,18,19,20);1-7H,14H2;4H,1-2H2,(H,5,6)(H2,7,8,9);1-3H3/q;;;+1/p-1. The van der Waals surface area contributed by atoms with Gasteiger partial charge in [0.25, 0.3) is 15.7 Å². The summed E-state index contributed by atoms with van der Waals surface area (Å²) in [5.41, 5.74) is 5.25. The number of carbonyl (C=O) groups is 2. The van der Waals surface area contributed by atoms with Gasteiger partial charge in [0.2, 0.25) is 17.7 Å². The van der Waals surface area contributed by atoms with E-state index in [0.717, 1.165) is 12.3 Å². The first kappa shape index (κ1) is 52.7. The molecule has 28 heteroatoms. The van der Waals surface area contributed by atoms with Crippen LogP contribution >= 0.6 is 19.2 Å². The van der Waals surface area contributed by atoms with E-state index in [0.29, 0.717) is 16.6 Å². The number of aromatic nitrogens is 3. The largest absolute Gasteiger partial charge is 0.778 e. The van der Waals surface area contributed by atoms with Crippen LogP contribution in [-0.2, 0) is 40.1 Å². The van der Waals surface area contributed by atoms with Crippen molar-refractivity contribution in [3.05, 3.63) is 82.0 Å². The van der Waals surface area contributed by atoms with Crippen LogP contribution in [0, 0.1) is 10.1 Å². The number of nitrogens with one attached hydrogen (secondary N) is 3. The molecule has 60 heavy (non-hydrogen) atoms. The Bertz CT molecular complexity index is 2320. The highest BCUT2D eigenvalue weighted by atomic mass is 35.5. The Morgan fingerprint density at radius 2 is 1.57 bits per heavy atom. The van der Waals surface area contributed by atoms with Gasteiger partial charge in [-0.25, -0.2) is 22.9 Å². The fourth-order valence-corrected chi connectivity index (χ4v) is 6.80. The van der Waals surface area contributed by atoms with Gasteiger partial charge in [0.05, 0.1) is 62.6 Å². The number of aliphatic carboxylic acids is 1. The number of para-hydroxylation sites is 1. The normalized spacial score (nSPS) is 11.7. The second-order valence-electron chi connectivity index (χ2n) is 11.4. The molecule has 2 aromatic carbocycles. The van der Waals surface area contributed by atoms with Gasteiger partial charge in [0.15, 0.2) is 14.9 Å². The van der Waals surface area contributed by atoms with Crippen molar-refractivity contribution in [2.24, 2.45) is 0 Å². The van der Waals surface area contributed by atoms with Crippen molar-refractivity contribution in [1.29, 1.82) is 0 Å². The molecule has 4 aromatic rings. The molecule has 2 heterocycles. The molecular weight excluding hydrogens is 899 g/mol. The van der Waals surface area contributed by atoms with Gasteiger partial charge in [-0.05, 0) is 41.2 Å². The summed E-state index contributed by atoms with van der Waals surface area (Å²) in [4.78, 5) is 60.7. The van der Waals surface area contributed by atoms with Crippen LogP contribution in [0.2, 0.25) is 5.02 Å². The fraction of sp³-hybridized carbons (Fsp3) is 0.281. The number of amides is 2. The molecule has 0 bridgehead atoms. The Hall–Kier alpha value is -5.34. The highest BCUT2D eigenvalue weighted by molar-refractivity contribution is 7.94. The molecule has 330 valence electrons. The van der Waals surface area contributed by atoms with E-state index in [1.165, 1.54) is 45.4 Å². The molecule has 0 aliphatic heterocycles. The number of nitrogens with zero attached hydrogens (tertiary/aromatic N) is 4. The summed E-state index contributed by atoms with van der Waals surface area (Å²) in [7, 11) is -9.56. The number of carbonyl (C=O) groups excluding carboxylic acids is 1. The van der Waals surface area contributed by atoms with Gasteiger partial charge in [0, 0.05) is 12.3 Å². The molecule has 0 aliphatic carbocycles. The van der Waals surface area contributed by atoms with Crippen LogP contribution in [0.4, 0.5) is 22.1 Å². The maximum absolute atomic E-state index is 12.5. The second kappa shape index (κ2) is 24.7. The van der Waals surface area contributed by atoms with Crippen molar-refractivity contribution in [2.75, 3.05) is 62.6 Å². The van der Waals surface area contributed by atoms with Gasteiger partial charge in [-0.2, -0.15) is 18.4 Å². The van der Waals surface area contributed by atoms with Crippen molar-refractivity contribution >= 4 is 79.3 Å². The van der Waals surface area contributed by atoms with Crippen LogP contribution < -0.4 is 40.2 Å². The third kappa shape index (κ3) is 19.2. The summed E-state index contributed by atoms with van der Waals surface area (Å²) in [5.74, 6) is -0.833. The third-order valence-corrected chi connectivity index (χ3v) is 10.3. The van der Waals surface area contributed by atoms with Crippen LogP contribution in [-0.4, -0.2) is 110 Å². The molecule has 0 aliphatic rings. The molecule has 0 spiro atoms. The third-order valence-electron chi connectivity index (χ3n) is 6.13. The van der Waals surface area contributed by atoms with Gasteiger partial charge in [-0.3, -0.25) is 25.5 Å². The second-order valence-corrected chi connectivity index (χ2v) is 19.6. The molecule has 23 nitrogen and oxygen atoms in total. The van der Waals surface area contributed by atoms with Gasteiger partial charge >= 0.3 is 12.0 Å². The minimum absolute atomic E-state index is 0.0352. The average Bonchev–Trinajstić information content (AvgIpc) is 3.16. The lowest BCUT2D eigenvalue weighted by Crippen LogP contribution is -2.36. The van der Waals surface area contributed by atoms with Gasteiger partial charge in [-0.1, -0.05) is 36.7 Å². The first-order valence-corrected chi connectivity index (χ1v) is 24.0. The number of hydrogen-bond donors (Lipinski definition) is 6. The van der Waals surface area contributed by atoms with Crippen LogP contribution in [0.5, 0.6) is 23.3 Å². The number of hydrogen-bond acceptors (Lipinski definition) is 18. The van der Waals surface area contributed by atoms with Crippen LogP contribution in [0.1, 0.15) is 6.92 Å². The number of halogens is 1. The number of nitro benzene ring substituents is 1. The maximum Gasteiger partial charge on any atom is 0.335 e. The summed E-state index contributed by atoms with van der Waals surface area (Å²) in [5, 5.41) is 22.0. The minimum atomic E-state index is -4.61. The van der Waals surface area contributed by atoms with Crippen LogP contribution in [0.15, 0.2) is 76.8 Å². The first-order valence-electron chi connectivity index (χ1n) is 16.3. The number of sulfonamides is 1. The lowest BCUT2D eigenvalue weighted by Gasteiger charge is -2.14. The highest BCUT2D eigenvalue weighted by Gasteiger charge is 2.29. The number of carboxylic acid groups (broad SMARTS) is 1. The Kier molecular flexibility index (Phi) is 21.7. The molecular formula is C32H42ClN8O15PS3. The van der Waals surface area contributed by atoms with Crippen molar-refractivity contribution in [3.8, 4) is 23.3 Å². The van der Waals surface area contributed by atoms with Gasteiger partial charge < -0.3 is 39.4 Å². The zero-order chi connectivity index (χ0) is 45.8. The van der Waals surface area contributed by atoms with E-state index in [1.807, 2.05) is 11.4 Å². The average molecular weight is 941 g/mol. The molecule has 0 saturated carbocycles.